The van der Waals surface area contributed by atoms with Gasteiger partial charge in [-0.25, -0.2) is 0 Å². The van der Waals surface area contributed by atoms with Gasteiger partial charge >= 0.3 is 0 Å². The fourth-order valence-electron chi connectivity index (χ4n) is 2.73. The second-order valence-corrected chi connectivity index (χ2v) is 5.06. The maximum Gasteiger partial charge on any atom is 0.134 e. The molecule has 1 heterocycles. The molecule has 0 aliphatic heterocycles. The molecule has 90 valence electrons. The highest BCUT2D eigenvalue weighted by molar-refractivity contribution is 5.81. The van der Waals surface area contributed by atoms with Crippen LogP contribution in [0.15, 0.2) is 34.9 Å². The second-order valence-electron chi connectivity index (χ2n) is 5.06. The van der Waals surface area contributed by atoms with Gasteiger partial charge in [0.25, 0.3) is 0 Å². The molecule has 0 radical (unpaired) electrons. The first kappa shape index (κ1) is 10.8. The smallest absolute Gasteiger partial charge is 0.134 e. The SMILES string of the molecule is CNC(CC1CCC1)c1coc2ccccc12. The van der Waals surface area contributed by atoms with Crippen LogP contribution in [-0.2, 0) is 0 Å². The van der Waals surface area contributed by atoms with Crippen LogP contribution in [0.25, 0.3) is 11.0 Å². The maximum absolute atomic E-state index is 5.63. The first-order valence-corrected chi connectivity index (χ1v) is 6.52. The van der Waals surface area contributed by atoms with Gasteiger partial charge in [0, 0.05) is 17.0 Å². The number of hydrogen-bond acceptors (Lipinski definition) is 2. The quantitative estimate of drug-likeness (QED) is 0.860. The summed E-state index contributed by atoms with van der Waals surface area (Å²) < 4.78 is 5.63. The standard InChI is InChI=1S/C15H19NO/c1-16-14(9-11-5-4-6-11)13-10-17-15-8-3-2-7-12(13)15/h2-3,7-8,10-11,14,16H,4-6,9H2,1H3. The van der Waals surface area contributed by atoms with Crippen molar-refractivity contribution in [1.82, 2.24) is 5.32 Å². The first-order chi connectivity index (χ1) is 8.38. The van der Waals surface area contributed by atoms with Gasteiger partial charge in [-0.1, -0.05) is 37.5 Å². The van der Waals surface area contributed by atoms with E-state index in [0.717, 1.165) is 11.5 Å². The van der Waals surface area contributed by atoms with Crippen LogP contribution in [0.2, 0.25) is 0 Å². The van der Waals surface area contributed by atoms with Crippen LogP contribution in [0, 0.1) is 5.92 Å². The molecule has 1 N–H and O–H groups in total. The minimum Gasteiger partial charge on any atom is -0.464 e. The van der Waals surface area contributed by atoms with Crippen molar-refractivity contribution in [3.63, 3.8) is 0 Å². The summed E-state index contributed by atoms with van der Waals surface area (Å²) in [5.74, 6) is 0.904. The summed E-state index contributed by atoms with van der Waals surface area (Å²) in [6, 6.07) is 8.73. The van der Waals surface area contributed by atoms with E-state index in [2.05, 4.69) is 17.4 Å². The van der Waals surface area contributed by atoms with Crippen LogP contribution < -0.4 is 5.32 Å². The Labute approximate surface area is 102 Å². The average molecular weight is 229 g/mol. The zero-order chi connectivity index (χ0) is 11.7. The van der Waals surface area contributed by atoms with E-state index in [9.17, 15) is 0 Å². The molecule has 1 aromatic heterocycles. The molecule has 1 aliphatic carbocycles. The van der Waals surface area contributed by atoms with E-state index in [-0.39, 0.29) is 0 Å². The highest BCUT2D eigenvalue weighted by Gasteiger charge is 2.24. The molecule has 1 atom stereocenters. The predicted molar refractivity (Wildman–Crippen MR) is 70.0 cm³/mol. The molecule has 0 saturated heterocycles. The summed E-state index contributed by atoms with van der Waals surface area (Å²) in [4.78, 5) is 0. The van der Waals surface area contributed by atoms with E-state index in [1.807, 2.05) is 25.4 Å². The Morgan fingerprint density at radius 3 is 2.88 bits per heavy atom. The van der Waals surface area contributed by atoms with Gasteiger partial charge in [-0.3, -0.25) is 0 Å². The van der Waals surface area contributed by atoms with Crippen LogP contribution in [0.3, 0.4) is 0 Å². The Morgan fingerprint density at radius 2 is 2.18 bits per heavy atom. The zero-order valence-electron chi connectivity index (χ0n) is 10.3. The van der Waals surface area contributed by atoms with Gasteiger partial charge in [0.2, 0.25) is 0 Å². The van der Waals surface area contributed by atoms with Gasteiger partial charge in [0.15, 0.2) is 0 Å². The van der Waals surface area contributed by atoms with E-state index < -0.39 is 0 Å². The summed E-state index contributed by atoms with van der Waals surface area (Å²) in [5.41, 5.74) is 2.31. The number of rotatable bonds is 4. The lowest BCUT2D eigenvalue weighted by Gasteiger charge is -2.29. The van der Waals surface area contributed by atoms with Gasteiger partial charge in [-0.2, -0.15) is 0 Å². The maximum atomic E-state index is 5.63. The summed E-state index contributed by atoms with van der Waals surface area (Å²) in [6.07, 6.45) is 7.36. The lowest BCUT2D eigenvalue weighted by atomic mass is 9.79. The Hall–Kier alpha value is -1.28. The van der Waals surface area contributed by atoms with Crippen LogP contribution in [-0.4, -0.2) is 7.05 Å². The highest BCUT2D eigenvalue weighted by atomic mass is 16.3. The molecule has 1 fully saturated rings. The fourth-order valence-corrected chi connectivity index (χ4v) is 2.73. The number of benzene rings is 1. The normalized spacial score (nSPS) is 18.2. The van der Waals surface area contributed by atoms with E-state index in [4.69, 9.17) is 4.42 Å². The van der Waals surface area contributed by atoms with Crippen molar-refractivity contribution in [2.75, 3.05) is 7.05 Å². The van der Waals surface area contributed by atoms with E-state index in [1.54, 1.807) is 0 Å². The number of para-hydroxylation sites is 1. The van der Waals surface area contributed by atoms with Crippen molar-refractivity contribution in [2.24, 2.45) is 5.92 Å². The number of fused-ring (bicyclic) bond motifs is 1. The molecular weight excluding hydrogens is 210 g/mol. The van der Waals surface area contributed by atoms with Gasteiger partial charge in [0.1, 0.15) is 5.58 Å². The Kier molecular flexibility index (Phi) is 2.89. The average Bonchev–Trinajstić information content (AvgIpc) is 2.72. The van der Waals surface area contributed by atoms with E-state index in [1.165, 1.54) is 36.6 Å². The molecule has 0 spiro atoms. The van der Waals surface area contributed by atoms with E-state index in [0.29, 0.717) is 6.04 Å². The molecule has 1 unspecified atom stereocenters. The summed E-state index contributed by atoms with van der Waals surface area (Å²) in [5, 5.41) is 4.69. The fraction of sp³-hybridized carbons (Fsp3) is 0.467. The van der Waals surface area contributed by atoms with Crippen molar-refractivity contribution in [3.05, 3.63) is 36.1 Å². The van der Waals surface area contributed by atoms with Gasteiger partial charge < -0.3 is 9.73 Å². The van der Waals surface area contributed by atoms with Gasteiger partial charge in [-0.05, 0) is 25.5 Å². The predicted octanol–water partition coefficient (Wildman–Crippen LogP) is 3.88. The minimum absolute atomic E-state index is 0.434. The zero-order valence-corrected chi connectivity index (χ0v) is 10.3. The molecule has 2 heteroatoms. The van der Waals surface area contributed by atoms with Gasteiger partial charge in [0.05, 0.1) is 6.26 Å². The lowest BCUT2D eigenvalue weighted by molar-refractivity contribution is 0.265. The second kappa shape index (κ2) is 4.53. The van der Waals surface area contributed by atoms with Crippen LogP contribution in [0.1, 0.15) is 37.3 Å². The number of nitrogens with one attached hydrogen (secondary N) is 1. The number of furan rings is 1. The Morgan fingerprint density at radius 1 is 1.35 bits per heavy atom. The van der Waals surface area contributed by atoms with Crippen LogP contribution in [0.5, 0.6) is 0 Å². The molecule has 1 saturated carbocycles. The molecule has 2 aromatic rings. The summed E-state index contributed by atoms with van der Waals surface area (Å²) >= 11 is 0. The molecule has 17 heavy (non-hydrogen) atoms. The minimum atomic E-state index is 0.434. The molecule has 1 aromatic carbocycles. The number of hydrogen-bond donors (Lipinski definition) is 1. The molecule has 1 aliphatic rings. The third-order valence-corrected chi connectivity index (χ3v) is 4.03. The largest absolute Gasteiger partial charge is 0.464 e. The van der Waals surface area contributed by atoms with Crippen LogP contribution >= 0.6 is 0 Å². The molecule has 3 rings (SSSR count). The Bertz CT molecular complexity index is 498. The topological polar surface area (TPSA) is 25.2 Å². The molecule has 0 amide bonds. The molecule has 2 nitrogen and oxygen atoms in total. The highest BCUT2D eigenvalue weighted by Crippen LogP contribution is 2.36. The van der Waals surface area contributed by atoms with Crippen molar-refractivity contribution in [2.45, 2.75) is 31.7 Å². The van der Waals surface area contributed by atoms with Gasteiger partial charge in [-0.15, -0.1) is 0 Å². The van der Waals surface area contributed by atoms with Crippen molar-refractivity contribution < 1.29 is 4.42 Å². The summed E-state index contributed by atoms with van der Waals surface area (Å²) in [7, 11) is 2.05. The third kappa shape index (κ3) is 1.98. The summed E-state index contributed by atoms with van der Waals surface area (Å²) in [6.45, 7) is 0. The monoisotopic (exact) mass is 229 g/mol. The van der Waals surface area contributed by atoms with Crippen molar-refractivity contribution in [1.29, 1.82) is 0 Å². The molecule has 0 bridgehead atoms. The van der Waals surface area contributed by atoms with Crippen molar-refractivity contribution >= 4 is 11.0 Å². The van der Waals surface area contributed by atoms with Crippen LogP contribution in [0.4, 0.5) is 0 Å². The lowest BCUT2D eigenvalue weighted by Crippen LogP contribution is -2.22. The van der Waals surface area contributed by atoms with E-state index >= 15 is 0 Å². The first-order valence-electron chi connectivity index (χ1n) is 6.52. The van der Waals surface area contributed by atoms with Crippen molar-refractivity contribution in [3.8, 4) is 0 Å². The molecular formula is C15H19NO. The third-order valence-electron chi connectivity index (χ3n) is 4.03. The Balaban J connectivity index is 1.89.